The van der Waals surface area contributed by atoms with Crippen LogP contribution in [0.25, 0.3) is 0 Å². The van der Waals surface area contributed by atoms with E-state index < -0.39 is 12.2 Å². The molecule has 108 valence electrons. The third-order valence-electron chi connectivity index (χ3n) is 6.46. The lowest BCUT2D eigenvalue weighted by molar-refractivity contribution is -0.0606. The van der Waals surface area contributed by atoms with Crippen molar-refractivity contribution in [2.75, 3.05) is 19.6 Å². The smallest absolute Gasteiger partial charge is 0.0938 e. The van der Waals surface area contributed by atoms with Crippen LogP contribution in [0.2, 0.25) is 0 Å². The number of nitrogens with zero attached hydrogens (tertiary/aromatic N) is 1. The maximum atomic E-state index is 9.64. The first-order valence-corrected chi connectivity index (χ1v) is 8.20. The molecule has 1 aliphatic heterocycles. The molecule has 4 bridgehead atoms. The molecule has 0 radical (unpaired) electrons. The summed E-state index contributed by atoms with van der Waals surface area (Å²) in [4.78, 5) is 2.27. The van der Waals surface area contributed by atoms with Crippen molar-refractivity contribution in [3.8, 4) is 0 Å². The van der Waals surface area contributed by atoms with Gasteiger partial charge >= 0.3 is 0 Å². The minimum absolute atomic E-state index is 0.517. The molecule has 19 heavy (non-hydrogen) atoms. The number of hydrogen-bond acceptors (Lipinski definition) is 3. The lowest BCUT2D eigenvalue weighted by atomic mass is 9.49. The van der Waals surface area contributed by atoms with Crippen LogP contribution in [0.1, 0.15) is 44.9 Å². The van der Waals surface area contributed by atoms with Crippen LogP contribution in [0.5, 0.6) is 0 Å². The zero-order valence-electron chi connectivity index (χ0n) is 11.8. The van der Waals surface area contributed by atoms with Gasteiger partial charge in [0.1, 0.15) is 0 Å². The van der Waals surface area contributed by atoms with Gasteiger partial charge in [0, 0.05) is 13.1 Å². The van der Waals surface area contributed by atoms with E-state index in [9.17, 15) is 10.2 Å². The zero-order valence-corrected chi connectivity index (χ0v) is 11.8. The Morgan fingerprint density at radius 1 is 0.842 bits per heavy atom. The molecule has 4 aliphatic carbocycles. The number of rotatable bonds is 3. The van der Waals surface area contributed by atoms with Crippen molar-refractivity contribution < 1.29 is 10.2 Å². The monoisotopic (exact) mass is 265 g/mol. The SMILES string of the molecule is O[C@@H]1CN(CCC23CC4CC(CC(C4)C2)C3)C[C@@H]1O. The minimum atomic E-state index is -0.517. The summed E-state index contributed by atoms with van der Waals surface area (Å²) < 4.78 is 0. The molecule has 0 spiro atoms. The Hall–Kier alpha value is -0.120. The van der Waals surface area contributed by atoms with Crippen molar-refractivity contribution in [3.05, 3.63) is 0 Å². The molecular weight excluding hydrogens is 238 g/mol. The van der Waals surface area contributed by atoms with E-state index in [0.717, 1.165) is 24.3 Å². The van der Waals surface area contributed by atoms with Crippen molar-refractivity contribution in [1.29, 1.82) is 0 Å². The van der Waals surface area contributed by atoms with Crippen molar-refractivity contribution in [2.24, 2.45) is 23.2 Å². The third-order valence-corrected chi connectivity index (χ3v) is 6.46. The van der Waals surface area contributed by atoms with Crippen LogP contribution in [0, 0.1) is 23.2 Å². The fraction of sp³-hybridized carbons (Fsp3) is 1.00. The van der Waals surface area contributed by atoms with Gasteiger partial charge in [-0.15, -0.1) is 0 Å². The Bertz CT molecular complexity index is 311. The van der Waals surface area contributed by atoms with Crippen LogP contribution >= 0.6 is 0 Å². The number of β-amino-alcohol motifs (C(OH)–C–C–N with tert-alkyl or cyclic N) is 2. The Morgan fingerprint density at radius 2 is 1.32 bits per heavy atom. The molecule has 3 nitrogen and oxygen atoms in total. The predicted molar refractivity (Wildman–Crippen MR) is 73.7 cm³/mol. The summed E-state index contributed by atoms with van der Waals surface area (Å²) in [6.07, 6.45) is 9.22. The van der Waals surface area contributed by atoms with Gasteiger partial charge in [-0.2, -0.15) is 0 Å². The molecule has 3 heteroatoms. The van der Waals surface area contributed by atoms with Gasteiger partial charge in [0.25, 0.3) is 0 Å². The second-order valence-corrected chi connectivity index (χ2v) is 8.06. The van der Waals surface area contributed by atoms with E-state index in [2.05, 4.69) is 4.90 Å². The Labute approximate surface area is 116 Å². The van der Waals surface area contributed by atoms with E-state index in [1.165, 1.54) is 44.9 Å². The van der Waals surface area contributed by atoms with E-state index >= 15 is 0 Å². The molecule has 2 N–H and O–H groups in total. The summed E-state index contributed by atoms with van der Waals surface area (Å²) in [6, 6.07) is 0. The molecule has 0 aromatic carbocycles. The van der Waals surface area contributed by atoms with E-state index in [4.69, 9.17) is 0 Å². The summed E-state index contributed by atoms with van der Waals surface area (Å²) in [5, 5.41) is 19.3. The average molecular weight is 265 g/mol. The number of aliphatic hydroxyl groups excluding tert-OH is 2. The molecule has 0 amide bonds. The molecule has 2 atom stereocenters. The fourth-order valence-corrected chi connectivity index (χ4v) is 6.02. The van der Waals surface area contributed by atoms with Gasteiger partial charge in [0.15, 0.2) is 0 Å². The maximum Gasteiger partial charge on any atom is 0.0938 e. The van der Waals surface area contributed by atoms with E-state index in [1.54, 1.807) is 0 Å². The van der Waals surface area contributed by atoms with Gasteiger partial charge < -0.3 is 10.2 Å². The minimum Gasteiger partial charge on any atom is -0.389 e. The summed E-state index contributed by atoms with van der Waals surface area (Å²) in [6.45, 7) is 2.43. The number of aliphatic hydroxyl groups is 2. The van der Waals surface area contributed by atoms with Crippen molar-refractivity contribution in [2.45, 2.75) is 57.2 Å². The summed E-state index contributed by atoms with van der Waals surface area (Å²) in [5.74, 6) is 3.09. The molecular formula is C16H27NO2. The summed E-state index contributed by atoms with van der Waals surface area (Å²) in [5.41, 5.74) is 0.632. The van der Waals surface area contributed by atoms with E-state index in [0.29, 0.717) is 18.5 Å². The lowest BCUT2D eigenvalue weighted by Gasteiger charge is -2.57. The average Bonchev–Trinajstić information content (AvgIpc) is 2.65. The molecule has 5 aliphatic rings. The van der Waals surface area contributed by atoms with Gasteiger partial charge in [-0.05, 0) is 74.7 Å². The highest BCUT2D eigenvalue weighted by atomic mass is 16.3. The molecule has 4 saturated carbocycles. The van der Waals surface area contributed by atoms with E-state index in [-0.39, 0.29) is 0 Å². The van der Waals surface area contributed by atoms with Crippen LogP contribution in [0.4, 0.5) is 0 Å². The van der Waals surface area contributed by atoms with Gasteiger partial charge in [0.2, 0.25) is 0 Å². The van der Waals surface area contributed by atoms with Crippen LogP contribution in [-0.4, -0.2) is 47.0 Å². The van der Waals surface area contributed by atoms with Crippen LogP contribution in [0.15, 0.2) is 0 Å². The third kappa shape index (κ3) is 2.24. The topological polar surface area (TPSA) is 43.7 Å². The van der Waals surface area contributed by atoms with Crippen molar-refractivity contribution in [1.82, 2.24) is 4.90 Å². The second-order valence-electron chi connectivity index (χ2n) is 8.06. The Balaban J connectivity index is 1.38. The summed E-state index contributed by atoms with van der Waals surface area (Å²) >= 11 is 0. The molecule has 5 fully saturated rings. The number of likely N-dealkylation sites (tertiary alicyclic amines) is 1. The standard InChI is InChI=1S/C16H27NO2/c18-14-9-17(10-15(14)19)2-1-16-6-11-3-12(7-16)5-13(4-11)8-16/h11-15,18-19H,1-10H2/t11?,12?,13?,14-,15+,16?. The normalized spacial score (nSPS) is 53.1. The molecule has 5 rings (SSSR count). The largest absolute Gasteiger partial charge is 0.389 e. The second kappa shape index (κ2) is 4.44. The quantitative estimate of drug-likeness (QED) is 0.815. The highest BCUT2D eigenvalue weighted by Crippen LogP contribution is 2.61. The van der Waals surface area contributed by atoms with Crippen molar-refractivity contribution in [3.63, 3.8) is 0 Å². The predicted octanol–water partition coefficient (Wildman–Crippen LogP) is 1.63. The molecule has 0 unspecified atom stereocenters. The van der Waals surface area contributed by atoms with Gasteiger partial charge in [-0.3, -0.25) is 4.90 Å². The maximum absolute atomic E-state index is 9.64. The van der Waals surface area contributed by atoms with Gasteiger partial charge in [-0.1, -0.05) is 0 Å². The molecule has 1 saturated heterocycles. The fourth-order valence-electron chi connectivity index (χ4n) is 6.02. The Kier molecular flexibility index (Phi) is 2.95. The van der Waals surface area contributed by atoms with Crippen LogP contribution in [0.3, 0.4) is 0 Å². The number of hydrogen-bond donors (Lipinski definition) is 2. The lowest BCUT2D eigenvalue weighted by Crippen LogP contribution is -2.47. The van der Waals surface area contributed by atoms with Crippen LogP contribution in [-0.2, 0) is 0 Å². The van der Waals surface area contributed by atoms with Gasteiger partial charge in [0.05, 0.1) is 12.2 Å². The van der Waals surface area contributed by atoms with E-state index in [1.807, 2.05) is 0 Å². The highest BCUT2D eigenvalue weighted by molar-refractivity contribution is 5.01. The molecule has 1 heterocycles. The first-order valence-electron chi connectivity index (χ1n) is 8.20. The Morgan fingerprint density at radius 3 is 1.79 bits per heavy atom. The van der Waals surface area contributed by atoms with Gasteiger partial charge in [-0.25, -0.2) is 0 Å². The summed E-state index contributed by atoms with van der Waals surface area (Å²) in [7, 11) is 0. The van der Waals surface area contributed by atoms with Crippen molar-refractivity contribution >= 4 is 0 Å². The zero-order chi connectivity index (χ0) is 13.0. The van der Waals surface area contributed by atoms with Crippen LogP contribution < -0.4 is 0 Å². The first kappa shape index (κ1) is 12.6. The first-order chi connectivity index (χ1) is 9.12. The molecule has 0 aromatic rings. The highest BCUT2D eigenvalue weighted by Gasteiger charge is 2.50. The molecule has 0 aromatic heterocycles.